The second-order valence-corrected chi connectivity index (χ2v) is 9.36. The minimum atomic E-state index is -4.29. The number of hydrogen-bond acceptors (Lipinski definition) is 4. The van der Waals surface area contributed by atoms with Crippen LogP contribution in [0.25, 0.3) is 0 Å². The molecule has 5 nitrogen and oxygen atoms in total. The third-order valence-corrected chi connectivity index (χ3v) is 7.44. The third-order valence-electron chi connectivity index (χ3n) is 4.49. The first-order valence-electron chi connectivity index (χ1n) is 8.70. The molecule has 9 heteroatoms. The number of carbonyl (C=O) groups is 1. The molecule has 0 aromatic heterocycles. The number of piperazine rings is 1. The maximum Gasteiger partial charge on any atom is 0.249 e. The summed E-state index contributed by atoms with van der Waals surface area (Å²) in [5.41, 5.74) is 1.14. The van der Waals surface area contributed by atoms with E-state index in [-0.39, 0.29) is 37.8 Å². The smallest absolute Gasteiger partial charge is 0.249 e. The Balaban J connectivity index is 1.59. The van der Waals surface area contributed by atoms with Crippen molar-refractivity contribution in [2.75, 3.05) is 31.9 Å². The van der Waals surface area contributed by atoms with E-state index in [9.17, 15) is 22.0 Å². The average molecular weight is 427 g/mol. The maximum absolute atomic E-state index is 13.9. The molecule has 0 atom stereocenters. The molecule has 0 N–H and O–H groups in total. The molecule has 0 aliphatic carbocycles. The lowest BCUT2D eigenvalue weighted by Crippen LogP contribution is -2.51. The van der Waals surface area contributed by atoms with Crippen LogP contribution in [0.4, 0.5) is 8.78 Å². The first-order valence-corrected chi connectivity index (χ1v) is 11.1. The van der Waals surface area contributed by atoms with Gasteiger partial charge in [-0.3, -0.25) is 4.79 Å². The molecule has 0 radical (unpaired) electrons. The van der Waals surface area contributed by atoms with Crippen LogP contribution in [0, 0.1) is 18.6 Å². The Morgan fingerprint density at radius 3 is 2.14 bits per heavy atom. The molecule has 0 spiro atoms. The van der Waals surface area contributed by atoms with E-state index in [1.807, 2.05) is 31.2 Å². The van der Waals surface area contributed by atoms with Gasteiger partial charge in [-0.15, -0.1) is 11.8 Å². The van der Waals surface area contributed by atoms with Crippen molar-refractivity contribution < 1.29 is 22.0 Å². The average Bonchev–Trinajstić information content (AvgIpc) is 2.67. The second-order valence-electron chi connectivity index (χ2n) is 6.44. The predicted molar refractivity (Wildman–Crippen MR) is 104 cm³/mol. The molecule has 1 heterocycles. The third kappa shape index (κ3) is 4.53. The molecule has 2 aromatic carbocycles. The van der Waals surface area contributed by atoms with Crippen molar-refractivity contribution in [1.82, 2.24) is 9.21 Å². The fourth-order valence-corrected chi connectivity index (χ4v) is 5.24. The lowest BCUT2D eigenvalue weighted by molar-refractivity contribution is -0.129. The summed E-state index contributed by atoms with van der Waals surface area (Å²) in [6.07, 6.45) is 0. The summed E-state index contributed by atoms with van der Waals surface area (Å²) < 4.78 is 53.9. The van der Waals surface area contributed by atoms with E-state index in [0.717, 1.165) is 33.0 Å². The minimum absolute atomic E-state index is 0.00293. The molecule has 0 unspecified atom stereocenters. The van der Waals surface area contributed by atoms with E-state index in [1.165, 1.54) is 11.8 Å². The summed E-state index contributed by atoms with van der Waals surface area (Å²) in [6.45, 7) is 2.35. The molecule has 1 amide bonds. The van der Waals surface area contributed by atoms with Gasteiger partial charge >= 0.3 is 0 Å². The highest BCUT2D eigenvalue weighted by Crippen LogP contribution is 2.24. The SMILES string of the molecule is Cc1ccc(SCC(=O)N2CCN(S(=O)(=O)c3c(F)cccc3F)CC2)cc1. The molecule has 150 valence electrons. The van der Waals surface area contributed by atoms with Gasteiger partial charge in [0.2, 0.25) is 15.9 Å². The Morgan fingerprint density at radius 2 is 1.57 bits per heavy atom. The molecule has 1 saturated heterocycles. The molecule has 28 heavy (non-hydrogen) atoms. The first kappa shape index (κ1) is 20.8. The molecule has 0 bridgehead atoms. The van der Waals surface area contributed by atoms with Crippen molar-refractivity contribution >= 4 is 27.7 Å². The topological polar surface area (TPSA) is 57.7 Å². The van der Waals surface area contributed by atoms with Crippen LogP contribution in [0.3, 0.4) is 0 Å². The van der Waals surface area contributed by atoms with Crippen LogP contribution in [-0.2, 0) is 14.8 Å². The lowest BCUT2D eigenvalue weighted by atomic mass is 10.2. The number of nitrogens with zero attached hydrogens (tertiary/aromatic N) is 2. The van der Waals surface area contributed by atoms with Crippen molar-refractivity contribution in [1.29, 1.82) is 0 Å². The zero-order chi connectivity index (χ0) is 20.3. The van der Waals surface area contributed by atoms with Crippen molar-refractivity contribution in [2.45, 2.75) is 16.7 Å². The van der Waals surface area contributed by atoms with Crippen LogP contribution in [0.2, 0.25) is 0 Å². The molecule has 2 aromatic rings. The minimum Gasteiger partial charge on any atom is -0.339 e. The number of aryl methyl sites for hydroxylation is 1. The molecule has 1 aliphatic heterocycles. The number of sulfonamides is 1. The first-order chi connectivity index (χ1) is 13.3. The van der Waals surface area contributed by atoms with Crippen LogP contribution >= 0.6 is 11.8 Å². The van der Waals surface area contributed by atoms with Crippen LogP contribution in [0.1, 0.15) is 5.56 Å². The van der Waals surface area contributed by atoms with Crippen LogP contribution in [0.15, 0.2) is 52.3 Å². The van der Waals surface area contributed by atoms with Gasteiger partial charge < -0.3 is 4.90 Å². The monoisotopic (exact) mass is 426 g/mol. The van der Waals surface area contributed by atoms with Gasteiger partial charge in [-0.25, -0.2) is 17.2 Å². The highest BCUT2D eigenvalue weighted by Gasteiger charge is 2.33. The van der Waals surface area contributed by atoms with Gasteiger partial charge in [-0.1, -0.05) is 23.8 Å². The molecule has 0 saturated carbocycles. The van der Waals surface area contributed by atoms with E-state index < -0.39 is 26.6 Å². The Hall–Kier alpha value is -1.97. The van der Waals surface area contributed by atoms with Gasteiger partial charge in [0.15, 0.2) is 4.90 Å². The number of amides is 1. The fraction of sp³-hybridized carbons (Fsp3) is 0.316. The van der Waals surface area contributed by atoms with E-state index >= 15 is 0 Å². The van der Waals surface area contributed by atoms with Crippen molar-refractivity contribution in [2.24, 2.45) is 0 Å². The van der Waals surface area contributed by atoms with E-state index in [0.29, 0.717) is 0 Å². The van der Waals surface area contributed by atoms with Crippen molar-refractivity contribution in [3.05, 3.63) is 59.7 Å². The number of rotatable bonds is 5. The summed E-state index contributed by atoms with van der Waals surface area (Å²) in [5, 5.41) is 0. The van der Waals surface area contributed by atoms with E-state index in [4.69, 9.17) is 0 Å². The summed E-state index contributed by atoms with van der Waals surface area (Å²) in [5.74, 6) is -2.08. The highest BCUT2D eigenvalue weighted by molar-refractivity contribution is 8.00. The molecule has 1 fully saturated rings. The van der Waals surface area contributed by atoms with E-state index in [2.05, 4.69) is 0 Å². The molecular weight excluding hydrogens is 406 g/mol. The summed E-state index contributed by atoms with van der Waals surface area (Å²) in [4.78, 5) is 14.0. The second kappa shape index (κ2) is 8.59. The van der Waals surface area contributed by atoms with Crippen LogP contribution in [0.5, 0.6) is 0 Å². The van der Waals surface area contributed by atoms with Gasteiger partial charge in [-0.05, 0) is 31.2 Å². The number of carbonyl (C=O) groups excluding carboxylic acids is 1. The van der Waals surface area contributed by atoms with Crippen LogP contribution < -0.4 is 0 Å². The Labute approximate surface area is 167 Å². The quantitative estimate of drug-likeness (QED) is 0.690. The zero-order valence-electron chi connectivity index (χ0n) is 15.3. The summed E-state index contributed by atoms with van der Waals surface area (Å²) >= 11 is 1.42. The van der Waals surface area contributed by atoms with Gasteiger partial charge in [0.05, 0.1) is 5.75 Å². The van der Waals surface area contributed by atoms with Gasteiger partial charge in [0.25, 0.3) is 0 Å². The molecule has 3 rings (SSSR count). The Kier molecular flexibility index (Phi) is 6.36. The normalized spacial score (nSPS) is 15.6. The fourth-order valence-electron chi connectivity index (χ4n) is 2.91. The van der Waals surface area contributed by atoms with Gasteiger partial charge in [-0.2, -0.15) is 4.31 Å². The predicted octanol–water partition coefficient (Wildman–Crippen LogP) is 2.90. The summed E-state index contributed by atoms with van der Waals surface area (Å²) in [7, 11) is -4.29. The van der Waals surface area contributed by atoms with Crippen LogP contribution in [-0.4, -0.2) is 55.5 Å². The molecular formula is C19H20F2N2O3S2. The van der Waals surface area contributed by atoms with Gasteiger partial charge in [0, 0.05) is 31.1 Å². The number of benzene rings is 2. The molecule has 1 aliphatic rings. The number of hydrogen-bond donors (Lipinski definition) is 0. The largest absolute Gasteiger partial charge is 0.339 e. The van der Waals surface area contributed by atoms with E-state index in [1.54, 1.807) is 4.90 Å². The Bertz CT molecular complexity index is 937. The zero-order valence-corrected chi connectivity index (χ0v) is 16.9. The van der Waals surface area contributed by atoms with Crippen molar-refractivity contribution in [3.63, 3.8) is 0 Å². The highest BCUT2D eigenvalue weighted by atomic mass is 32.2. The summed E-state index contributed by atoms with van der Waals surface area (Å²) in [6, 6.07) is 10.8. The van der Waals surface area contributed by atoms with Gasteiger partial charge in [0.1, 0.15) is 11.6 Å². The maximum atomic E-state index is 13.9. The Morgan fingerprint density at radius 1 is 1.00 bits per heavy atom. The lowest BCUT2D eigenvalue weighted by Gasteiger charge is -2.34. The van der Waals surface area contributed by atoms with Crippen molar-refractivity contribution in [3.8, 4) is 0 Å². The number of halogens is 2. The number of thioether (sulfide) groups is 1. The standard InChI is InChI=1S/C19H20F2N2O3S2/c1-14-5-7-15(8-6-14)27-13-18(24)22-9-11-23(12-10-22)28(25,26)19-16(20)3-2-4-17(19)21/h2-8H,9-13H2,1H3.